The number of hydrogen-bond acceptors (Lipinski definition) is 2. The molecule has 20 heavy (non-hydrogen) atoms. The lowest BCUT2D eigenvalue weighted by molar-refractivity contribution is 0.149. The highest BCUT2D eigenvalue weighted by molar-refractivity contribution is 5.45. The maximum Gasteiger partial charge on any atom is 0.121 e. The minimum absolute atomic E-state index is 0.538. The summed E-state index contributed by atoms with van der Waals surface area (Å²) in [5.41, 5.74) is 3.53. The molecule has 0 spiro atoms. The van der Waals surface area contributed by atoms with Crippen molar-refractivity contribution in [2.75, 3.05) is 13.1 Å². The van der Waals surface area contributed by atoms with Crippen LogP contribution in [0.25, 0.3) is 0 Å². The third kappa shape index (κ3) is 3.35. The van der Waals surface area contributed by atoms with Crippen LogP contribution in [-0.2, 0) is 12.8 Å². The monoisotopic (exact) mass is 275 g/mol. The molecule has 1 aliphatic rings. The Bertz CT molecular complexity index is 445. The van der Waals surface area contributed by atoms with Gasteiger partial charge in [0.1, 0.15) is 5.75 Å². The summed E-state index contributed by atoms with van der Waals surface area (Å²) >= 11 is 0. The topological polar surface area (TPSA) is 23.5 Å². The average molecular weight is 275 g/mol. The summed E-state index contributed by atoms with van der Waals surface area (Å²) < 4.78 is 0. The van der Waals surface area contributed by atoms with Crippen LogP contribution < -0.4 is 0 Å². The highest BCUT2D eigenvalue weighted by Crippen LogP contribution is 2.31. The summed E-state index contributed by atoms with van der Waals surface area (Å²) in [4.78, 5) is 2.56. The van der Waals surface area contributed by atoms with Crippen molar-refractivity contribution < 1.29 is 5.11 Å². The summed E-state index contributed by atoms with van der Waals surface area (Å²) in [5, 5.41) is 10.4. The zero-order valence-electron chi connectivity index (χ0n) is 13.4. The first-order chi connectivity index (χ1) is 9.52. The number of aromatic hydroxyl groups is 1. The summed E-state index contributed by atoms with van der Waals surface area (Å²) in [7, 11) is 0. The zero-order chi connectivity index (χ0) is 14.7. The summed E-state index contributed by atoms with van der Waals surface area (Å²) in [6, 6.07) is 4.89. The SMILES string of the molecule is CCc1ccc(C)c(O)c1CC1CCN(C(C)C)CC1. The van der Waals surface area contributed by atoms with Gasteiger partial charge in [0.25, 0.3) is 0 Å². The predicted molar refractivity (Wildman–Crippen MR) is 85.4 cm³/mol. The Labute approximate surface area is 123 Å². The molecule has 2 heteroatoms. The third-order valence-electron chi connectivity index (χ3n) is 4.83. The van der Waals surface area contributed by atoms with E-state index in [1.165, 1.54) is 37.1 Å². The molecule has 1 saturated heterocycles. The van der Waals surface area contributed by atoms with Crippen LogP contribution in [0.5, 0.6) is 5.75 Å². The van der Waals surface area contributed by atoms with Gasteiger partial charge < -0.3 is 10.0 Å². The van der Waals surface area contributed by atoms with Crippen molar-refractivity contribution in [1.29, 1.82) is 0 Å². The fraction of sp³-hybridized carbons (Fsp3) is 0.667. The van der Waals surface area contributed by atoms with Gasteiger partial charge in [0, 0.05) is 6.04 Å². The summed E-state index contributed by atoms with van der Waals surface area (Å²) in [6.07, 6.45) is 4.57. The fourth-order valence-corrected chi connectivity index (χ4v) is 3.32. The third-order valence-corrected chi connectivity index (χ3v) is 4.83. The predicted octanol–water partition coefficient (Wildman–Crippen LogP) is 3.93. The first-order valence-electron chi connectivity index (χ1n) is 8.07. The number of nitrogens with zero attached hydrogens (tertiary/aromatic N) is 1. The molecule has 0 atom stereocenters. The Kier molecular flexibility index (Phi) is 5.09. The Morgan fingerprint density at radius 3 is 2.45 bits per heavy atom. The maximum absolute atomic E-state index is 10.4. The Morgan fingerprint density at radius 2 is 1.90 bits per heavy atom. The minimum Gasteiger partial charge on any atom is -0.507 e. The van der Waals surface area contributed by atoms with Gasteiger partial charge in [-0.3, -0.25) is 0 Å². The Morgan fingerprint density at radius 1 is 1.25 bits per heavy atom. The van der Waals surface area contributed by atoms with Gasteiger partial charge >= 0.3 is 0 Å². The first kappa shape index (κ1) is 15.4. The van der Waals surface area contributed by atoms with Crippen molar-refractivity contribution >= 4 is 0 Å². The van der Waals surface area contributed by atoms with Crippen LogP contribution in [0, 0.1) is 12.8 Å². The van der Waals surface area contributed by atoms with E-state index in [0.717, 1.165) is 24.3 Å². The van der Waals surface area contributed by atoms with Crippen molar-refractivity contribution in [3.8, 4) is 5.75 Å². The number of likely N-dealkylation sites (tertiary alicyclic amines) is 1. The van der Waals surface area contributed by atoms with Gasteiger partial charge in [0.05, 0.1) is 0 Å². The molecule has 1 heterocycles. The molecule has 0 aliphatic carbocycles. The molecule has 0 radical (unpaired) electrons. The second-order valence-corrected chi connectivity index (χ2v) is 6.50. The molecule has 1 aromatic carbocycles. The van der Waals surface area contributed by atoms with Gasteiger partial charge in [0.2, 0.25) is 0 Å². The van der Waals surface area contributed by atoms with Crippen LogP contribution in [0.4, 0.5) is 0 Å². The highest BCUT2D eigenvalue weighted by atomic mass is 16.3. The molecular formula is C18H29NO. The molecule has 1 N–H and O–H groups in total. The van der Waals surface area contributed by atoms with E-state index in [1.807, 2.05) is 13.0 Å². The van der Waals surface area contributed by atoms with Crippen LogP contribution in [0.1, 0.15) is 50.3 Å². The van der Waals surface area contributed by atoms with E-state index >= 15 is 0 Å². The standard InChI is InChI=1S/C18H29NO/c1-5-16-7-6-14(4)18(20)17(16)12-15-8-10-19(11-9-15)13(2)3/h6-7,13,15,20H,5,8-12H2,1-4H3. The number of phenols is 1. The van der Waals surface area contributed by atoms with E-state index < -0.39 is 0 Å². The fourth-order valence-electron chi connectivity index (χ4n) is 3.32. The van der Waals surface area contributed by atoms with Gasteiger partial charge in [-0.1, -0.05) is 19.1 Å². The van der Waals surface area contributed by atoms with Crippen molar-refractivity contribution in [2.24, 2.45) is 5.92 Å². The minimum atomic E-state index is 0.538. The molecule has 0 aromatic heterocycles. The van der Waals surface area contributed by atoms with Crippen LogP contribution in [0.2, 0.25) is 0 Å². The zero-order valence-corrected chi connectivity index (χ0v) is 13.4. The van der Waals surface area contributed by atoms with Crippen LogP contribution in [0.15, 0.2) is 12.1 Å². The van der Waals surface area contributed by atoms with Gasteiger partial charge in [-0.05, 0) is 82.2 Å². The van der Waals surface area contributed by atoms with Crippen LogP contribution in [-0.4, -0.2) is 29.1 Å². The van der Waals surface area contributed by atoms with Gasteiger partial charge in [0.15, 0.2) is 0 Å². The van der Waals surface area contributed by atoms with E-state index in [-0.39, 0.29) is 0 Å². The van der Waals surface area contributed by atoms with E-state index in [1.54, 1.807) is 0 Å². The largest absolute Gasteiger partial charge is 0.507 e. The molecule has 0 unspecified atom stereocenters. The lowest BCUT2D eigenvalue weighted by atomic mass is 9.86. The van der Waals surface area contributed by atoms with E-state index in [9.17, 15) is 5.11 Å². The average Bonchev–Trinajstić information content (AvgIpc) is 2.45. The van der Waals surface area contributed by atoms with Crippen LogP contribution >= 0.6 is 0 Å². The van der Waals surface area contributed by atoms with Gasteiger partial charge in [-0.25, -0.2) is 0 Å². The molecule has 1 aliphatic heterocycles. The van der Waals surface area contributed by atoms with Crippen molar-refractivity contribution in [1.82, 2.24) is 4.90 Å². The first-order valence-corrected chi connectivity index (χ1v) is 8.07. The van der Waals surface area contributed by atoms with Crippen molar-refractivity contribution in [3.05, 3.63) is 28.8 Å². The summed E-state index contributed by atoms with van der Waals surface area (Å²) in [6.45, 7) is 11.1. The van der Waals surface area contributed by atoms with Gasteiger partial charge in [-0.2, -0.15) is 0 Å². The molecular weight excluding hydrogens is 246 g/mol. The molecule has 2 rings (SSSR count). The molecule has 0 bridgehead atoms. The van der Waals surface area contributed by atoms with E-state index in [0.29, 0.717) is 11.8 Å². The number of hydrogen-bond donors (Lipinski definition) is 1. The second-order valence-electron chi connectivity index (χ2n) is 6.50. The second kappa shape index (κ2) is 6.62. The number of rotatable bonds is 4. The molecule has 0 amide bonds. The molecule has 2 nitrogen and oxygen atoms in total. The lowest BCUT2D eigenvalue weighted by Gasteiger charge is -2.35. The lowest BCUT2D eigenvalue weighted by Crippen LogP contribution is -2.38. The maximum atomic E-state index is 10.4. The van der Waals surface area contributed by atoms with Crippen molar-refractivity contribution in [2.45, 2.75) is 59.4 Å². The Balaban J connectivity index is 2.06. The molecule has 1 aromatic rings. The molecule has 112 valence electrons. The highest BCUT2D eigenvalue weighted by Gasteiger charge is 2.23. The normalized spacial score (nSPS) is 17.9. The van der Waals surface area contributed by atoms with Gasteiger partial charge in [-0.15, -0.1) is 0 Å². The van der Waals surface area contributed by atoms with Crippen LogP contribution in [0.3, 0.4) is 0 Å². The number of benzene rings is 1. The smallest absolute Gasteiger partial charge is 0.121 e. The number of piperidine rings is 1. The quantitative estimate of drug-likeness (QED) is 0.900. The summed E-state index contributed by atoms with van der Waals surface area (Å²) in [5.74, 6) is 1.26. The van der Waals surface area contributed by atoms with E-state index in [4.69, 9.17) is 0 Å². The molecule has 0 saturated carbocycles. The Hall–Kier alpha value is -1.02. The molecule has 1 fully saturated rings. The van der Waals surface area contributed by atoms with Crippen molar-refractivity contribution in [3.63, 3.8) is 0 Å². The number of aryl methyl sites for hydroxylation is 2. The number of phenolic OH excluding ortho intramolecular Hbond substituents is 1. The van der Waals surface area contributed by atoms with E-state index in [2.05, 4.69) is 31.7 Å².